The van der Waals surface area contributed by atoms with Gasteiger partial charge in [0, 0.05) is 19.6 Å². The third-order valence-electron chi connectivity index (χ3n) is 3.89. The Bertz CT molecular complexity index is 260. The lowest BCUT2D eigenvalue weighted by molar-refractivity contribution is -0.158. The number of ketones is 1. The summed E-state index contributed by atoms with van der Waals surface area (Å²) >= 11 is 0. The second-order valence-electron chi connectivity index (χ2n) is 5.09. The standard InChI is InChI=1S/C13H22O4/c1-15-7-8-16-10-12(14)11-3-6-17-13(9-11)4-2-5-13/h11H,2-10H2,1H3. The molecule has 17 heavy (non-hydrogen) atoms. The summed E-state index contributed by atoms with van der Waals surface area (Å²) in [5.74, 6) is 0.377. The van der Waals surface area contributed by atoms with Crippen molar-refractivity contribution >= 4 is 5.78 Å². The number of hydrogen-bond donors (Lipinski definition) is 0. The second-order valence-corrected chi connectivity index (χ2v) is 5.09. The van der Waals surface area contributed by atoms with Crippen molar-refractivity contribution < 1.29 is 19.0 Å². The molecular formula is C13H22O4. The summed E-state index contributed by atoms with van der Waals surface area (Å²) in [6.45, 7) is 2.00. The summed E-state index contributed by atoms with van der Waals surface area (Å²) in [4.78, 5) is 12.0. The lowest BCUT2D eigenvalue weighted by Crippen LogP contribution is -2.47. The van der Waals surface area contributed by atoms with Crippen molar-refractivity contribution in [3.05, 3.63) is 0 Å². The minimum atomic E-state index is 0.0467. The minimum absolute atomic E-state index is 0.0467. The van der Waals surface area contributed by atoms with Gasteiger partial charge in [0.15, 0.2) is 5.78 Å². The highest BCUT2D eigenvalue weighted by Crippen LogP contribution is 2.44. The van der Waals surface area contributed by atoms with Crippen LogP contribution in [0.5, 0.6) is 0 Å². The highest BCUT2D eigenvalue weighted by molar-refractivity contribution is 5.82. The molecule has 2 fully saturated rings. The number of carbonyl (C=O) groups excluding carboxylic acids is 1. The van der Waals surface area contributed by atoms with Crippen LogP contribution in [-0.4, -0.2) is 44.9 Å². The van der Waals surface area contributed by atoms with Crippen LogP contribution in [0.3, 0.4) is 0 Å². The van der Waals surface area contributed by atoms with Crippen molar-refractivity contribution in [3.63, 3.8) is 0 Å². The first-order valence-electron chi connectivity index (χ1n) is 6.49. The monoisotopic (exact) mass is 242 g/mol. The van der Waals surface area contributed by atoms with E-state index < -0.39 is 0 Å². The highest BCUT2D eigenvalue weighted by Gasteiger charge is 2.44. The van der Waals surface area contributed by atoms with Crippen molar-refractivity contribution in [2.24, 2.45) is 5.92 Å². The van der Waals surface area contributed by atoms with Gasteiger partial charge in [-0.05, 0) is 32.1 Å². The smallest absolute Gasteiger partial charge is 0.161 e. The van der Waals surface area contributed by atoms with Gasteiger partial charge in [-0.25, -0.2) is 0 Å². The number of carbonyl (C=O) groups is 1. The van der Waals surface area contributed by atoms with Gasteiger partial charge in [0.1, 0.15) is 6.61 Å². The molecule has 2 rings (SSSR count). The zero-order valence-corrected chi connectivity index (χ0v) is 10.6. The van der Waals surface area contributed by atoms with Crippen LogP contribution in [0.2, 0.25) is 0 Å². The van der Waals surface area contributed by atoms with Crippen LogP contribution in [0.4, 0.5) is 0 Å². The molecule has 1 heterocycles. The number of ether oxygens (including phenoxy) is 3. The van der Waals surface area contributed by atoms with Gasteiger partial charge in [0.2, 0.25) is 0 Å². The number of rotatable bonds is 6. The van der Waals surface area contributed by atoms with Crippen LogP contribution in [0.15, 0.2) is 0 Å². The zero-order chi connectivity index (χ0) is 12.1. The first-order valence-corrected chi connectivity index (χ1v) is 6.49. The first kappa shape index (κ1) is 13.0. The molecule has 1 unspecified atom stereocenters. The normalized spacial score (nSPS) is 26.8. The molecule has 98 valence electrons. The fourth-order valence-corrected chi connectivity index (χ4v) is 2.66. The largest absolute Gasteiger partial charge is 0.382 e. The summed E-state index contributed by atoms with van der Waals surface area (Å²) < 4.78 is 16.0. The van der Waals surface area contributed by atoms with Crippen molar-refractivity contribution in [2.75, 3.05) is 33.5 Å². The summed E-state index contributed by atoms with van der Waals surface area (Å²) in [7, 11) is 1.63. The molecular weight excluding hydrogens is 220 g/mol. The van der Waals surface area contributed by atoms with Crippen molar-refractivity contribution in [3.8, 4) is 0 Å². The average molecular weight is 242 g/mol. The van der Waals surface area contributed by atoms with E-state index in [1.54, 1.807) is 7.11 Å². The van der Waals surface area contributed by atoms with E-state index in [4.69, 9.17) is 14.2 Å². The Hall–Kier alpha value is -0.450. The summed E-state index contributed by atoms with van der Waals surface area (Å²) in [6, 6.07) is 0. The summed E-state index contributed by atoms with van der Waals surface area (Å²) in [6.07, 6.45) is 5.25. The summed E-state index contributed by atoms with van der Waals surface area (Å²) in [5.41, 5.74) is 0.0467. The maximum absolute atomic E-state index is 12.0. The van der Waals surface area contributed by atoms with Gasteiger partial charge < -0.3 is 14.2 Å². The molecule has 1 spiro atoms. The number of hydrogen-bond acceptors (Lipinski definition) is 4. The lowest BCUT2D eigenvalue weighted by Gasteiger charge is -2.46. The van der Waals surface area contributed by atoms with E-state index >= 15 is 0 Å². The molecule has 0 amide bonds. The highest BCUT2D eigenvalue weighted by atomic mass is 16.5. The molecule has 1 aliphatic carbocycles. The molecule has 2 aliphatic rings. The van der Waals surface area contributed by atoms with Gasteiger partial charge in [-0.3, -0.25) is 4.79 Å². The summed E-state index contributed by atoms with van der Waals surface area (Å²) in [5, 5.41) is 0. The van der Waals surface area contributed by atoms with Crippen LogP contribution in [-0.2, 0) is 19.0 Å². The van der Waals surface area contributed by atoms with E-state index in [0.29, 0.717) is 13.2 Å². The first-order chi connectivity index (χ1) is 8.26. The Balaban J connectivity index is 1.71. The lowest BCUT2D eigenvalue weighted by atomic mass is 9.71. The predicted molar refractivity (Wildman–Crippen MR) is 63.0 cm³/mol. The van der Waals surface area contributed by atoms with Gasteiger partial charge in [0.05, 0.1) is 18.8 Å². The molecule has 0 N–H and O–H groups in total. The van der Waals surface area contributed by atoms with Gasteiger partial charge in [0.25, 0.3) is 0 Å². The third kappa shape index (κ3) is 3.27. The molecule has 0 aromatic rings. The van der Waals surface area contributed by atoms with E-state index in [1.807, 2.05) is 0 Å². The van der Waals surface area contributed by atoms with Gasteiger partial charge >= 0.3 is 0 Å². The fourth-order valence-electron chi connectivity index (χ4n) is 2.66. The molecule has 4 nitrogen and oxygen atoms in total. The molecule has 0 aromatic carbocycles. The quantitative estimate of drug-likeness (QED) is 0.663. The Morgan fingerprint density at radius 1 is 1.41 bits per heavy atom. The van der Waals surface area contributed by atoms with Gasteiger partial charge in [-0.15, -0.1) is 0 Å². The molecule has 1 saturated heterocycles. The van der Waals surface area contributed by atoms with E-state index in [1.165, 1.54) is 6.42 Å². The van der Waals surface area contributed by atoms with E-state index in [2.05, 4.69) is 0 Å². The van der Waals surface area contributed by atoms with Gasteiger partial charge in [-0.1, -0.05) is 0 Å². The fraction of sp³-hybridized carbons (Fsp3) is 0.923. The van der Waals surface area contributed by atoms with Crippen LogP contribution in [0, 0.1) is 5.92 Å². The van der Waals surface area contributed by atoms with E-state index in [-0.39, 0.29) is 23.9 Å². The Morgan fingerprint density at radius 3 is 2.88 bits per heavy atom. The van der Waals surface area contributed by atoms with E-state index in [0.717, 1.165) is 32.3 Å². The number of Topliss-reactive ketones (excluding diaryl/α,β-unsaturated/α-hetero) is 1. The van der Waals surface area contributed by atoms with Gasteiger partial charge in [-0.2, -0.15) is 0 Å². The Kier molecular flexibility index (Phi) is 4.54. The Morgan fingerprint density at radius 2 is 2.24 bits per heavy atom. The van der Waals surface area contributed by atoms with Crippen molar-refractivity contribution in [2.45, 2.75) is 37.7 Å². The maximum Gasteiger partial charge on any atom is 0.161 e. The second kappa shape index (κ2) is 5.94. The SMILES string of the molecule is COCCOCC(=O)C1CCOC2(CCC2)C1. The predicted octanol–water partition coefficient (Wildman–Crippen LogP) is 1.57. The van der Waals surface area contributed by atoms with Crippen molar-refractivity contribution in [1.29, 1.82) is 0 Å². The molecule has 1 aliphatic heterocycles. The minimum Gasteiger partial charge on any atom is -0.382 e. The zero-order valence-electron chi connectivity index (χ0n) is 10.6. The molecule has 0 bridgehead atoms. The molecule has 1 atom stereocenters. The van der Waals surface area contributed by atoms with Crippen LogP contribution >= 0.6 is 0 Å². The van der Waals surface area contributed by atoms with E-state index in [9.17, 15) is 4.79 Å². The molecule has 4 heteroatoms. The Labute approximate surface area is 103 Å². The maximum atomic E-state index is 12.0. The van der Waals surface area contributed by atoms with Crippen molar-refractivity contribution in [1.82, 2.24) is 0 Å². The van der Waals surface area contributed by atoms with Crippen LogP contribution < -0.4 is 0 Å². The third-order valence-corrected chi connectivity index (χ3v) is 3.89. The van der Waals surface area contributed by atoms with Crippen LogP contribution in [0.1, 0.15) is 32.1 Å². The molecule has 0 aromatic heterocycles. The molecule has 0 radical (unpaired) electrons. The molecule has 1 saturated carbocycles. The van der Waals surface area contributed by atoms with Crippen LogP contribution in [0.25, 0.3) is 0 Å². The average Bonchev–Trinajstić information content (AvgIpc) is 2.32. The topological polar surface area (TPSA) is 44.8 Å². The number of methoxy groups -OCH3 is 1.